The van der Waals surface area contributed by atoms with Crippen LogP contribution in [0.15, 0.2) is 18.2 Å². The molecule has 1 aromatic rings. The van der Waals surface area contributed by atoms with Crippen molar-refractivity contribution in [2.24, 2.45) is 5.73 Å². The highest BCUT2D eigenvalue weighted by molar-refractivity contribution is 8.07. The molecule has 17 heavy (non-hydrogen) atoms. The van der Waals surface area contributed by atoms with E-state index in [4.69, 9.17) is 5.73 Å². The van der Waals surface area contributed by atoms with Crippen molar-refractivity contribution < 1.29 is 0 Å². The van der Waals surface area contributed by atoms with Crippen LogP contribution in [0.5, 0.6) is 0 Å². The van der Waals surface area contributed by atoms with E-state index in [-0.39, 0.29) is 6.04 Å². The maximum atomic E-state index is 6.46. The first-order valence-electron chi connectivity index (χ1n) is 6.15. The highest BCUT2D eigenvalue weighted by Crippen LogP contribution is 2.37. The summed E-state index contributed by atoms with van der Waals surface area (Å²) < 4.78 is 0. The average Bonchev–Trinajstić information content (AvgIpc) is 2.27. The van der Waals surface area contributed by atoms with E-state index in [0.29, 0.717) is 10.5 Å². The molecule has 1 aliphatic rings. The van der Waals surface area contributed by atoms with E-state index >= 15 is 0 Å². The molecular weight excluding hydrogens is 246 g/mol. The van der Waals surface area contributed by atoms with Crippen LogP contribution in [0.25, 0.3) is 0 Å². The molecule has 0 spiro atoms. The maximum absolute atomic E-state index is 6.46. The molecule has 0 bridgehead atoms. The lowest BCUT2D eigenvalue weighted by Gasteiger charge is -2.32. The third-order valence-corrected chi connectivity index (χ3v) is 6.44. The maximum Gasteiger partial charge on any atom is 0.0426 e. The highest BCUT2D eigenvalue weighted by atomic mass is 32.2. The molecule has 1 aromatic carbocycles. The second-order valence-corrected chi connectivity index (χ2v) is 7.63. The lowest BCUT2D eigenvalue weighted by atomic mass is 9.98. The smallest absolute Gasteiger partial charge is 0.0426 e. The summed E-state index contributed by atoms with van der Waals surface area (Å²) in [6.45, 7) is 6.61. The van der Waals surface area contributed by atoms with Gasteiger partial charge in [-0.05, 0) is 19.4 Å². The van der Waals surface area contributed by atoms with E-state index in [1.807, 2.05) is 11.8 Å². The van der Waals surface area contributed by atoms with Gasteiger partial charge in [0.05, 0.1) is 0 Å². The number of hydrogen-bond acceptors (Lipinski definition) is 3. The number of hydrogen-bond donors (Lipinski definition) is 1. The lowest BCUT2D eigenvalue weighted by Crippen LogP contribution is -2.34. The molecule has 1 saturated heterocycles. The summed E-state index contributed by atoms with van der Waals surface area (Å²) in [6, 6.07) is 6.86. The normalized spacial score (nSPS) is 26.8. The van der Waals surface area contributed by atoms with Gasteiger partial charge in [-0.1, -0.05) is 36.2 Å². The van der Waals surface area contributed by atoms with E-state index < -0.39 is 0 Å². The van der Waals surface area contributed by atoms with E-state index in [0.717, 1.165) is 0 Å². The van der Waals surface area contributed by atoms with Gasteiger partial charge in [-0.15, -0.1) is 0 Å². The zero-order valence-corrected chi connectivity index (χ0v) is 12.4. The Kier molecular flexibility index (Phi) is 4.45. The molecule has 0 saturated carbocycles. The third kappa shape index (κ3) is 3.21. The van der Waals surface area contributed by atoms with Crippen molar-refractivity contribution in [2.75, 3.05) is 11.5 Å². The van der Waals surface area contributed by atoms with E-state index in [1.54, 1.807) is 0 Å². The quantitative estimate of drug-likeness (QED) is 0.887. The van der Waals surface area contributed by atoms with Gasteiger partial charge in [-0.3, -0.25) is 0 Å². The molecule has 2 rings (SSSR count). The van der Waals surface area contributed by atoms with Crippen molar-refractivity contribution in [3.63, 3.8) is 0 Å². The zero-order valence-electron chi connectivity index (χ0n) is 10.8. The summed E-state index contributed by atoms with van der Waals surface area (Å²) in [6.07, 6.45) is 0. The predicted molar refractivity (Wildman–Crippen MR) is 81.0 cm³/mol. The number of aryl methyl sites for hydroxylation is 2. The van der Waals surface area contributed by atoms with E-state index in [1.165, 1.54) is 28.2 Å². The summed E-state index contributed by atoms with van der Waals surface area (Å²) >= 11 is 4.10. The molecule has 3 heteroatoms. The predicted octanol–water partition coefficient (Wildman–Crippen LogP) is 3.54. The topological polar surface area (TPSA) is 26.0 Å². The summed E-state index contributed by atoms with van der Waals surface area (Å²) in [5, 5.41) is 1.21. The number of benzene rings is 1. The lowest BCUT2D eigenvalue weighted by molar-refractivity contribution is 0.663. The van der Waals surface area contributed by atoms with Crippen molar-refractivity contribution in [1.82, 2.24) is 0 Å². The first-order chi connectivity index (χ1) is 8.08. The molecule has 0 radical (unpaired) electrons. The molecule has 0 aliphatic carbocycles. The van der Waals surface area contributed by atoms with E-state index in [2.05, 4.69) is 50.7 Å². The summed E-state index contributed by atoms with van der Waals surface area (Å²) in [5.41, 5.74) is 10.4. The third-order valence-electron chi connectivity index (χ3n) is 3.22. The fourth-order valence-corrected chi connectivity index (χ4v) is 5.32. The van der Waals surface area contributed by atoms with Crippen LogP contribution in [0.3, 0.4) is 0 Å². The monoisotopic (exact) mass is 267 g/mol. The van der Waals surface area contributed by atoms with Crippen molar-refractivity contribution in [3.05, 3.63) is 34.9 Å². The van der Waals surface area contributed by atoms with Gasteiger partial charge in [-0.2, -0.15) is 23.5 Å². The number of rotatable bonds is 2. The molecular formula is C14H21NS2. The minimum atomic E-state index is 0.168. The van der Waals surface area contributed by atoms with Gasteiger partial charge in [0.2, 0.25) is 0 Å². The highest BCUT2D eigenvalue weighted by Gasteiger charge is 2.29. The molecule has 1 heterocycles. The fraction of sp³-hybridized carbons (Fsp3) is 0.571. The molecule has 3 atom stereocenters. The Labute approximate surface area is 113 Å². The van der Waals surface area contributed by atoms with Crippen LogP contribution in [0, 0.1) is 13.8 Å². The summed E-state index contributed by atoms with van der Waals surface area (Å²) in [5.74, 6) is 2.50. The number of nitrogens with two attached hydrogens (primary N) is 1. The second-order valence-electron chi connectivity index (χ2n) is 4.86. The van der Waals surface area contributed by atoms with Gasteiger partial charge in [0, 0.05) is 28.0 Å². The van der Waals surface area contributed by atoms with Gasteiger partial charge >= 0.3 is 0 Å². The van der Waals surface area contributed by atoms with Gasteiger partial charge in [-0.25, -0.2) is 0 Å². The Balaban J connectivity index is 2.20. The average molecular weight is 267 g/mol. The largest absolute Gasteiger partial charge is 0.323 e. The molecule has 0 aromatic heterocycles. The Morgan fingerprint density at radius 2 is 1.71 bits per heavy atom. The summed E-state index contributed by atoms with van der Waals surface area (Å²) in [4.78, 5) is 0. The zero-order chi connectivity index (χ0) is 12.4. The Hall–Kier alpha value is -0.120. The van der Waals surface area contributed by atoms with Crippen LogP contribution in [0.2, 0.25) is 0 Å². The second kappa shape index (κ2) is 5.68. The van der Waals surface area contributed by atoms with Crippen molar-refractivity contribution in [3.8, 4) is 0 Å². The minimum Gasteiger partial charge on any atom is -0.323 e. The molecule has 2 N–H and O–H groups in total. The Morgan fingerprint density at radius 1 is 1.12 bits per heavy atom. The standard InChI is InChI=1S/C14H21NS2/c1-9-6-10(2)8-12(7-9)13(15)14-11(3)16-4-5-17-14/h6-8,11,13-14H,4-5,15H2,1-3H3. The molecule has 1 aliphatic heterocycles. The van der Waals surface area contributed by atoms with Crippen molar-refractivity contribution in [2.45, 2.75) is 37.3 Å². The SMILES string of the molecule is Cc1cc(C)cc(C(N)C2SCCSC2C)c1. The van der Waals surface area contributed by atoms with Crippen LogP contribution < -0.4 is 5.73 Å². The van der Waals surface area contributed by atoms with Crippen LogP contribution in [-0.2, 0) is 0 Å². The molecule has 3 unspecified atom stereocenters. The van der Waals surface area contributed by atoms with Crippen molar-refractivity contribution in [1.29, 1.82) is 0 Å². The van der Waals surface area contributed by atoms with E-state index in [9.17, 15) is 0 Å². The number of thioether (sulfide) groups is 2. The Bertz CT molecular complexity index is 372. The minimum absolute atomic E-state index is 0.168. The van der Waals surface area contributed by atoms with Gasteiger partial charge < -0.3 is 5.73 Å². The van der Waals surface area contributed by atoms with Crippen LogP contribution in [0.1, 0.15) is 29.7 Å². The molecule has 1 fully saturated rings. The van der Waals surface area contributed by atoms with Crippen LogP contribution in [-0.4, -0.2) is 22.0 Å². The first kappa shape index (κ1) is 13.3. The van der Waals surface area contributed by atoms with Crippen molar-refractivity contribution >= 4 is 23.5 Å². The molecule has 94 valence electrons. The molecule has 1 nitrogen and oxygen atoms in total. The van der Waals surface area contributed by atoms with Crippen LogP contribution in [0.4, 0.5) is 0 Å². The van der Waals surface area contributed by atoms with Gasteiger partial charge in [0.25, 0.3) is 0 Å². The Morgan fingerprint density at radius 3 is 2.29 bits per heavy atom. The van der Waals surface area contributed by atoms with Gasteiger partial charge in [0.15, 0.2) is 0 Å². The van der Waals surface area contributed by atoms with Gasteiger partial charge in [0.1, 0.15) is 0 Å². The summed E-state index contributed by atoms with van der Waals surface area (Å²) in [7, 11) is 0. The first-order valence-corrected chi connectivity index (χ1v) is 8.24. The molecule has 0 amide bonds. The fourth-order valence-electron chi connectivity index (χ4n) is 2.44. The van der Waals surface area contributed by atoms with Crippen LogP contribution >= 0.6 is 23.5 Å².